The molecule has 0 saturated heterocycles. The van der Waals surface area contributed by atoms with Gasteiger partial charge in [-0.1, -0.05) is 0 Å². The molecular weight excluding hydrogens is 178 g/mol. The van der Waals surface area contributed by atoms with Gasteiger partial charge in [0.05, 0.1) is 0 Å². The molecule has 0 spiro atoms. The Balaban J connectivity index is 2.79. The molecule has 0 radical (unpaired) electrons. The molecule has 4 heteroatoms. The molecule has 70 valence electrons. The molecule has 0 heterocycles. The molecule has 0 fully saturated rings. The van der Waals surface area contributed by atoms with Gasteiger partial charge < -0.3 is 4.74 Å². The number of hydrogen-bond acceptors (Lipinski definition) is 2. The molecule has 1 atom stereocenters. The molecule has 0 amide bonds. The standard InChI is InChI=1S/C9H8F2O2/c1-6(5-12)13-7-2-3-8(10)9(11)4-7/h2-6H,1H3. The minimum Gasteiger partial charge on any atom is -0.483 e. The smallest absolute Gasteiger partial charge is 0.162 e. The van der Waals surface area contributed by atoms with Crippen molar-refractivity contribution in [3.05, 3.63) is 29.8 Å². The van der Waals surface area contributed by atoms with Crippen LogP contribution in [0.25, 0.3) is 0 Å². The first-order valence-electron chi connectivity index (χ1n) is 3.70. The highest BCUT2D eigenvalue weighted by atomic mass is 19.2. The highest BCUT2D eigenvalue weighted by Gasteiger charge is 2.05. The maximum absolute atomic E-state index is 12.6. The molecule has 1 aromatic rings. The average Bonchev–Trinajstić information content (AvgIpc) is 2.11. The maximum atomic E-state index is 12.6. The SMILES string of the molecule is CC(C=O)Oc1ccc(F)c(F)c1. The molecule has 0 bridgehead atoms. The summed E-state index contributed by atoms with van der Waals surface area (Å²) in [7, 11) is 0. The summed E-state index contributed by atoms with van der Waals surface area (Å²) in [5, 5.41) is 0. The van der Waals surface area contributed by atoms with Crippen LogP contribution in [0.5, 0.6) is 5.75 Å². The summed E-state index contributed by atoms with van der Waals surface area (Å²) in [6.07, 6.45) is -0.0915. The highest BCUT2D eigenvalue weighted by Crippen LogP contribution is 2.16. The first kappa shape index (κ1) is 9.64. The first-order chi connectivity index (χ1) is 6.13. The largest absolute Gasteiger partial charge is 0.483 e. The van der Waals surface area contributed by atoms with Crippen LogP contribution in [0.1, 0.15) is 6.92 Å². The number of ether oxygens (including phenoxy) is 1. The van der Waals surface area contributed by atoms with E-state index in [1.807, 2.05) is 0 Å². The lowest BCUT2D eigenvalue weighted by atomic mass is 10.3. The monoisotopic (exact) mass is 186 g/mol. The number of aldehydes is 1. The predicted molar refractivity (Wildman–Crippen MR) is 42.5 cm³/mol. The van der Waals surface area contributed by atoms with E-state index in [1.54, 1.807) is 0 Å². The molecule has 0 aliphatic rings. The van der Waals surface area contributed by atoms with E-state index in [2.05, 4.69) is 0 Å². The van der Waals surface area contributed by atoms with Gasteiger partial charge in [-0.2, -0.15) is 0 Å². The number of halogens is 2. The third-order valence-corrected chi connectivity index (χ3v) is 1.40. The van der Waals surface area contributed by atoms with Crippen LogP contribution < -0.4 is 4.74 Å². The molecular formula is C9H8F2O2. The second-order valence-corrected chi connectivity index (χ2v) is 2.53. The Morgan fingerprint density at radius 1 is 1.38 bits per heavy atom. The van der Waals surface area contributed by atoms with Gasteiger partial charge in [0, 0.05) is 6.07 Å². The summed E-state index contributed by atoms with van der Waals surface area (Å²) in [4.78, 5) is 10.2. The fourth-order valence-electron chi connectivity index (χ4n) is 0.793. The van der Waals surface area contributed by atoms with E-state index < -0.39 is 17.7 Å². The topological polar surface area (TPSA) is 26.3 Å². The molecule has 0 N–H and O–H groups in total. The molecule has 1 aromatic carbocycles. The van der Waals surface area contributed by atoms with Gasteiger partial charge in [-0.15, -0.1) is 0 Å². The Labute approximate surface area is 74.1 Å². The van der Waals surface area contributed by atoms with Gasteiger partial charge in [0.15, 0.2) is 24.0 Å². The Bertz CT molecular complexity index is 312. The third kappa shape index (κ3) is 2.50. The van der Waals surface area contributed by atoms with Crippen molar-refractivity contribution in [3.63, 3.8) is 0 Å². The van der Waals surface area contributed by atoms with Gasteiger partial charge in [0.1, 0.15) is 5.75 Å². The lowest BCUT2D eigenvalue weighted by molar-refractivity contribution is -0.113. The van der Waals surface area contributed by atoms with Crippen molar-refractivity contribution in [2.45, 2.75) is 13.0 Å². The van der Waals surface area contributed by atoms with Crippen molar-refractivity contribution in [2.24, 2.45) is 0 Å². The Morgan fingerprint density at radius 2 is 2.08 bits per heavy atom. The van der Waals surface area contributed by atoms with Crippen molar-refractivity contribution >= 4 is 6.29 Å². The van der Waals surface area contributed by atoms with E-state index in [1.165, 1.54) is 13.0 Å². The third-order valence-electron chi connectivity index (χ3n) is 1.40. The number of rotatable bonds is 3. The summed E-state index contributed by atoms with van der Waals surface area (Å²) in [6, 6.07) is 3.11. The summed E-state index contributed by atoms with van der Waals surface area (Å²) in [5.41, 5.74) is 0. The highest BCUT2D eigenvalue weighted by molar-refractivity contribution is 5.56. The molecule has 0 aliphatic heterocycles. The summed E-state index contributed by atoms with van der Waals surface area (Å²) in [5.74, 6) is -1.79. The van der Waals surface area contributed by atoms with Crippen molar-refractivity contribution < 1.29 is 18.3 Å². The molecule has 2 nitrogen and oxygen atoms in total. The van der Waals surface area contributed by atoms with Crippen LogP contribution in [-0.4, -0.2) is 12.4 Å². The number of hydrogen-bond donors (Lipinski definition) is 0. The van der Waals surface area contributed by atoms with Gasteiger partial charge in [0.2, 0.25) is 0 Å². The Hall–Kier alpha value is -1.45. The number of benzene rings is 1. The zero-order valence-corrected chi connectivity index (χ0v) is 6.96. The normalized spacial score (nSPS) is 12.2. The van der Waals surface area contributed by atoms with Crippen molar-refractivity contribution in [1.82, 2.24) is 0 Å². The van der Waals surface area contributed by atoms with Crippen LogP contribution in [0.3, 0.4) is 0 Å². The fourth-order valence-corrected chi connectivity index (χ4v) is 0.793. The molecule has 1 rings (SSSR count). The Morgan fingerprint density at radius 3 is 2.62 bits per heavy atom. The summed E-state index contributed by atoms with van der Waals surface area (Å²) < 4.78 is 29.9. The van der Waals surface area contributed by atoms with Crippen LogP contribution in [0, 0.1) is 11.6 Å². The van der Waals surface area contributed by atoms with E-state index >= 15 is 0 Å². The van der Waals surface area contributed by atoms with E-state index in [0.29, 0.717) is 6.29 Å². The molecule has 13 heavy (non-hydrogen) atoms. The lowest BCUT2D eigenvalue weighted by Gasteiger charge is -2.07. The van der Waals surface area contributed by atoms with Crippen molar-refractivity contribution in [3.8, 4) is 5.75 Å². The average molecular weight is 186 g/mol. The second-order valence-electron chi connectivity index (χ2n) is 2.53. The molecule has 0 saturated carbocycles. The van der Waals surface area contributed by atoms with Gasteiger partial charge in [-0.25, -0.2) is 8.78 Å². The second kappa shape index (κ2) is 3.98. The summed E-state index contributed by atoms with van der Waals surface area (Å²) in [6.45, 7) is 1.51. The quantitative estimate of drug-likeness (QED) is 0.674. The fraction of sp³-hybridized carbons (Fsp3) is 0.222. The number of carbonyl (C=O) groups is 1. The van der Waals surface area contributed by atoms with E-state index in [-0.39, 0.29) is 5.75 Å². The van der Waals surface area contributed by atoms with Crippen LogP contribution in [0.4, 0.5) is 8.78 Å². The molecule has 0 aromatic heterocycles. The zero-order valence-electron chi connectivity index (χ0n) is 6.96. The minimum atomic E-state index is -0.990. The first-order valence-corrected chi connectivity index (χ1v) is 3.70. The summed E-state index contributed by atoms with van der Waals surface area (Å²) >= 11 is 0. The van der Waals surface area contributed by atoms with Crippen LogP contribution in [-0.2, 0) is 4.79 Å². The minimum absolute atomic E-state index is 0.138. The van der Waals surface area contributed by atoms with E-state index in [9.17, 15) is 13.6 Å². The van der Waals surface area contributed by atoms with Gasteiger partial charge in [-0.05, 0) is 19.1 Å². The van der Waals surface area contributed by atoms with Gasteiger partial charge in [0.25, 0.3) is 0 Å². The Kier molecular flexibility index (Phi) is 2.95. The number of carbonyl (C=O) groups excluding carboxylic acids is 1. The van der Waals surface area contributed by atoms with Crippen LogP contribution >= 0.6 is 0 Å². The predicted octanol–water partition coefficient (Wildman–Crippen LogP) is 1.93. The van der Waals surface area contributed by atoms with Crippen molar-refractivity contribution in [1.29, 1.82) is 0 Å². The van der Waals surface area contributed by atoms with Gasteiger partial charge in [-0.3, -0.25) is 4.79 Å². The maximum Gasteiger partial charge on any atom is 0.162 e. The van der Waals surface area contributed by atoms with Crippen molar-refractivity contribution in [2.75, 3.05) is 0 Å². The van der Waals surface area contributed by atoms with Crippen LogP contribution in [0.2, 0.25) is 0 Å². The molecule has 1 unspecified atom stereocenters. The zero-order chi connectivity index (χ0) is 9.84. The van der Waals surface area contributed by atoms with Crippen LogP contribution in [0.15, 0.2) is 18.2 Å². The molecule has 0 aliphatic carbocycles. The lowest BCUT2D eigenvalue weighted by Crippen LogP contribution is -2.12. The van der Waals surface area contributed by atoms with E-state index in [4.69, 9.17) is 4.74 Å². The van der Waals surface area contributed by atoms with Gasteiger partial charge >= 0.3 is 0 Å². The van der Waals surface area contributed by atoms with E-state index in [0.717, 1.165) is 12.1 Å².